The molecule has 42 heavy (non-hydrogen) atoms. The maximum Gasteiger partial charge on any atom is 0.410 e. The van der Waals surface area contributed by atoms with Crippen LogP contribution in [0.3, 0.4) is 0 Å². The van der Waals surface area contributed by atoms with Crippen LogP contribution in [0, 0.1) is 18.3 Å². The van der Waals surface area contributed by atoms with Crippen molar-refractivity contribution >= 4 is 17.6 Å². The van der Waals surface area contributed by atoms with Gasteiger partial charge in [0.2, 0.25) is 0 Å². The number of hydrogen-bond acceptors (Lipinski definition) is 8. The van der Waals surface area contributed by atoms with Crippen LogP contribution in [0.4, 0.5) is 4.79 Å². The van der Waals surface area contributed by atoms with E-state index in [1.807, 2.05) is 32.4 Å². The monoisotopic (exact) mass is 571 g/mol. The van der Waals surface area contributed by atoms with E-state index < -0.39 is 17.7 Å². The third-order valence-electron chi connectivity index (χ3n) is 7.29. The van der Waals surface area contributed by atoms with Crippen LogP contribution in [0.5, 0.6) is 5.75 Å². The van der Waals surface area contributed by atoms with Crippen LogP contribution < -0.4 is 4.74 Å². The molecule has 12 nitrogen and oxygen atoms in total. The number of pyridine rings is 1. The Morgan fingerprint density at radius 3 is 2.57 bits per heavy atom. The predicted octanol–water partition coefficient (Wildman–Crippen LogP) is 5.18. The van der Waals surface area contributed by atoms with E-state index in [1.54, 1.807) is 46.8 Å². The number of amides is 1. The second kappa shape index (κ2) is 11.2. The van der Waals surface area contributed by atoms with Gasteiger partial charge in [0.15, 0.2) is 0 Å². The molecule has 1 amide bonds. The lowest BCUT2D eigenvalue weighted by molar-refractivity contribution is 0.0183. The normalized spacial score (nSPS) is 14.9. The summed E-state index contributed by atoms with van der Waals surface area (Å²) in [7, 11) is 0. The number of fused-ring (bicyclic) bond motifs is 1. The van der Waals surface area contributed by atoms with Gasteiger partial charge in [-0.1, -0.05) is 23.4 Å². The Balaban J connectivity index is 1.43. The molecule has 12 heteroatoms. The summed E-state index contributed by atoms with van der Waals surface area (Å²) in [6.07, 6.45) is 3.71. The van der Waals surface area contributed by atoms with Crippen LogP contribution in [0.1, 0.15) is 79.9 Å². The lowest BCUT2D eigenvalue weighted by atomic mass is 10.0. The summed E-state index contributed by atoms with van der Waals surface area (Å²) in [5, 5.41) is 32.7. The number of ether oxygens (including phenoxy) is 2. The molecule has 1 aromatic carbocycles. The molecule has 1 aliphatic heterocycles. The molecule has 0 spiro atoms. The number of rotatable bonds is 6. The number of aromatic nitrogens is 5. The van der Waals surface area contributed by atoms with Crippen LogP contribution in [0.15, 0.2) is 42.7 Å². The SMILES string of the molecule is Cc1c(-c2cc(OC(C)c3ccccc3C(=O)O)c3c(C#N)cnn3c2)nnn1C1CCN(C(=O)OC(C)(C)C)CC1. The van der Waals surface area contributed by atoms with Gasteiger partial charge in [0, 0.05) is 30.4 Å². The molecule has 5 rings (SSSR count). The number of carbonyl (C=O) groups excluding carboxylic acids is 1. The van der Waals surface area contributed by atoms with E-state index in [2.05, 4.69) is 21.5 Å². The molecule has 1 saturated heterocycles. The third kappa shape index (κ3) is 5.63. The molecule has 0 radical (unpaired) electrons. The molecule has 218 valence electrons. The number of carbonyl (C=O) groups is 2. The highest BCUT2D eigenvalue weighted by Gasteiger charge is 2.29. The van der Waals surface area contributed by atoms with Crippen LogP contribution in [-0.4, -0.2) is 65.4 Å². The minimum Gasteiger partial charge on any atom is -0.484 e. The van der Waals surface area contributed by atoms with Crippen molar-refractivity contribution in [2.45, 2.75) is 65.2 Å². The van der Waals surface area contributed by atoms with Gasteiger partial charge in [0.05, 0.1) is 23.5 Å². The Morgan fingerprint density at radius 2 is 1.90 bits per heavy atom. The third-order valence-corrected chi connectivity index (χ3v) is 7.29. The molecule has 1 N–H and O–H groups in total. The van der Waals surface area contributed by atoms with Crippen LogP contribution in [0.25, 0.3) is 16.8 Å². The van der Waals surface area contributed by atoms with Crippen LogP contribution >= 0.6 is 0 Å². The molecule has 1 fully saturated rings. The van der Waals surface area contributed by atoms with Crippen LogP contribution in [0.2, 0.25) is 0 Å². The zero-order valence-corrected chi connectivity index (χ0v) is 24.2. The van der Waals surface area contributed by atoms with Crippen molar-refractivity contribution in [3.63, 3.8) is 0 Å². The first kappa shape index (κ1) is 28.6. The van der Waals surface area contributed by atoms with E-state index in [-0.39, 0.29) is 17.7 Å². The zero-order chi connectivity index (χ0) is 30.2. The van der Waals surface area contributed by atoms with E-state index in [4.69, 9.17) is 9.47 Å². The molecular formula is C30H33N7O5. The molecule has 0 saturated carbocycles. The first-order valence-electron chi connectivity index (χ1n) is 13.8. The second-order valence-corrected chi connectivity index (χ2v) is 11.4. The van der Waals surface area contributed by atoms with Gasteiger partial charge in [-0.25, -0.2) is 18.8 Å². The van der Waals surface area contributed by atoms with Crippen molar-refractivity contribution in [1.29, 1.82) is 5.26 Å². The van der Waals surface area contributed by atoms with Crippen molar-refractivity contribution < 1.29 is 24.2 Å². The number of aromatic carboxylic acids is 1. The largest absolute Gasteiger partial charge is 0.484 e. The van der Waals surface area contributed by atoms with Gasteiger partial charge in [-0.2, -0.15) is 10.4 Å². The van der Waals surface area contributed by atoms with E-state index in [0.717, 1.165) is 5.69 Å². The first-order valence-corrected chi connectivity index (χ1v) is 13.8. The number of benzene rings is 1. The summed E-state index contributed by atoms with van der Waals surface area (Å²) >= 11 is 0. The first-order chi connectivity index (χ1) is 20.0. The highest BCUT2D eigenvalue weighted by Crippen LogP contribution is 2.35. The summed E-state index contributed by atoms with van der Waals surface area (Å²) < 4.78 is 15.3. The molecular weight excluding hydrogens is 538 g/mol. The van der Waals surface area contributed by atoms with Crippen molar-refractivity contribution in [2.24, 2.45) is 0 Å². The summed E-state index contributed by atoms with van der Waals surface area (Å²) in [5.74, 6) is -0.681. The van der Waals surface area contributed by atoms with Crippen LogP contribution in [-0.2, 0) is 4.74 Å². The lowest BCUT2D eigenvalue weighted by Crippen LogP contribution is -2.42. The van der Waals surface area contributed by atoms with E-state index in [1.165, 1.54) is 12.3 Å². The van der Waals surface area contributed by atoms with Gasteiger partial charge in [0.25, 0.3) is 0 Å². The standard InChI is InChI=1S/C30H33N7O5/c1-18-26(33-34-37(18)22-10-12-35(13-11-22)29(40)42-30(3,4)5)20-14-25(27-21(15-31)16-32-36(27)17-20)41-19(2)23-8-6-7-9-24(23)28(38)39/h6-9,14,16-17,19,22H,10-13H2,1-5H3,(H,38,39). The van der Waals surface area contributed by atoms with Crippen molar-refractivity contribution in [3.05, 3.63) is 65.1 Å². The number of nitriles is 1. The number of carboxylic acid groups (broad SMARTS) is 1. The van der Waals surface area contributed by atoms with E-state index >= 15 is 0 Å². The number of likely N-dealkylation sites (tertiary alicyclic amines) is 1. The van der Waals surface area contributed by atoms with Gasteiger partial charge < -0.3 is 19.5 Å². The van der Waals surface area contributed by atoms with Gasteiger partial charge in [-0.15, -0.1) is 5.10 Å². The second-order valence-electron chi connectivity index (χ2n) is 11.4. The number of nitrogens with zero attached hydrogens (tertiary/aromatic N) is 7. The minimum absolute atomic E-state index is 0.0619. The van der Waals surface area contributed by atoms with Gasteiger partial charge >= 0.3 is 12.1 Å². The Kier molecular flexibility index (Phi) is 7.60. The Morgan fingerprint density at radius 1 is 1.19 bits per heavy atom. The summed E-state index contributed by atoms with van der Waals surface area (Å²) in [4.78, 5) is 26.0. The molecule has 1 atom stereocenters. The average molecular weight is 572 g/mol. The lowest BCUT2D eigenvalue weighted by Gasteiger charge is -2.33. The number of piperidine rings is 1. The summed E-state index contributed by atoms with van der Waals surface area (Å²) in [6, 6.07) is 10.7. The summed E-state index contributed by atoms with van der Waals surface area (Å²) in [6.45, 7) is 10.4. The molecule has 4 aromatic rings. The molecule has 4 heterocycles. The van der Waals surface area contributed by atoms with Gasteiger partial charge in [-0.3, -0.25) is 0 Å². The van der Waals surface area contributed by atoms with Crippen molar-refractivity contribution in [3.8, 4) is 23.1 Å². The Bertz CT molecular complexity index is 1690. The molecule has 0 bridgehead atoms. The highest BCUT2D eigenvalue weighted by molar-refractivity contribution is 5.89. The molecule has 0 aliphatic carbocycles. The van der Waals surface area contributed by atoms with Gasteiger partial charge in [-0.05, 0) is 59.6 Å². The Labute approximate surface area is 243 Å². The van der Waals surface area contributed by atoms with Crippen molar-refractivity contribution in [1.82, 2.24) is 29.5 Å². The fourth-order valence-electron chi connectivity index (χ4n) is 5.26. The fourth-order valence-corrected chi connectivity index (χ4v) is 5.26. The zero-order valence-electron chi connectivity index (χ0n) is 24.2. The molecule has 1 unspecified atom stereocenters. The van der Waals surface area contributed by atoms with E-state index in [0.29, 0.717) is 59.6 Å². The maximum absolute atomic E-state index is 12.5. The average Bonchev–Trinajstić information content (AvgIpc) is 3.55. The summed E-state index contributed by atoms with van der Waals surface area (Å²) in [5.41, 5.74) is 3.05. The predicted molar refractivity (Wildman–Crippen MR) is 152 cm³/mol. The number of hydrogen-bond donors (Lipinski definition) is 1. The maximum atomic E-state index is 12.5. The molecule has 1 aliphatic rings. The molecule has 3 aromatic heterocycles. The Hall–Kier alpha value is -4.92. The number of carboxylic acids is 1. The fraction of sp³-hybridized carbons (Fsp3) is 0.400. The minimum atomic E-state index is -1.05. The highest BCUT2D eigenvalue weighted by atomic mass is 16.6. The quantitative estimate of drug-likeness (QED) is 0.330. The smallest absolute Gasteiger partial charge is 0.410 e. The van der Waals surface area contributed by atoms with E-state index in [9.17, 15) is 20.0 Å². The van der Waals surface area contributed by atoms with Crippen molar-refractivity contribution in [2.75, 3.05) is 13.1 Å². The van der Waals surface area contributed by atoms with Gasteiger partial charge in [0.1, 0.15) is 40.3 Å². The topological polar surface area (TPSA) is 148 Å².